The molecular weight excluding hydrogens is 1020 g/mol. The van der Waals surface area contributed by atoms with E-state index in [2.05, 4.69) is 38.4 Å². The topological polar surface area (TPSA) is 145 Å². The molecule has 0 unspecified atom stereocenters. The summed E-state index contributed by atoms with van der Waals surface area (Å²) in [5.41, 5.74) is 6.83. The van der Waals surface area contributed by atoms with Crippen LogP contribution in [-0.4, -0.2) is 145 Å². The first kappa shape index (κ1) is 62.9. The summed E-state index contributed by atoms with van der Waals surface area (Å²) in [4.78, 5) is 25.7. The Bertz CT molecular complexity index is 2480. The van der Waals surface area contributed by atoms with Crippen molar-refractivity contribution in [1.82, 2.24) is 0 Å². The van der Waals surface area contributed by atoms with Crippen molar-refractivity contribution in [3.05, 3.63) is 81.9 Å². The van der Waals surface area contributed by atoms with Crippen LogP contribution in [0.4, 0.5) is 0 Å². The van der Waals surface area contributed by atoms with Crippen LogP contribution in [0.2, 0.25) is 0 Å². The Balaban J connectivity index is 0.00000624. The van der Waals surface area contributed by atoms with Crippen molar-refractivity contribution < 1.29 is 100 Å². The molecule has 2 aliphatic rings. The van der Waals surface area contributed by atoms with E-state index in [4.69, 9.17) is 56.8 Å². The quantitative estimate of drug-likeness (QED) is 0.0445. The number of nitrogens with zero attached hydrogens (tertiary/aromatic N) is 2. The Morgan fingerprint density at radius 1 is 0.447 bits per heavy atom. The maximum Gasteiger partial charge on any atom is 0.305 e. The lowest BCUT2D eigenvalue weighted by Crippen LogP contribution is -3.00. The molecule has 4 atom stereocenters. The number of quaternary nitrogens is 2. The predicted molar refractivity (Wildman–Crippen MR) is 282 cm³/mol. The molecule has 0 aromatic heterocycles. The van der Waals surface area contributed by atoms with Gasteiger partial charge in [0, 0.05) is 61.6 Å². The molecule has 0 saturated heterocycles. The van der Waals surface area contributed by atoms with Crippen LogP contribution in [0.25, 0.3) is 0 Å². The van der Waals surface area contributed by atoms with Gasteiger partial charge in [-0.25, -0.2) is 0 Å². The summed E-state index contributed by atoms with van der Waals surface area (Å²) in [7, 11) is 20.9. The van der Waals surface area contributed by atoms with Crippen molar-refractivity contribution in [1.29, 1.82) is 0 Å². The summed E-state index contributed by atoms with van der Waals surface area (Å²) in [6.07, 6.45) is 8.78. The number of hydrogen-bond donors (Lipinski definition) is 0. The molecule has 4 aromatic rings. The molecule has 4 aromatic carbocycles. The predicted octanol–water partition coefficient (Wildman–Crippen LogP) is 3.46. The molecule has 0 spiro atoms. The molecule has 16 nitrogen and oxygen atoms in total. The number of carbonyl (C=O) groups excluding carboxylic acids is 2. The summed E-state index contributed by atoms with van der Waals surface area (Å²) < 4.78 is 70.1. The first-order valence-corrected chi connectivity index (χ1v) is 25.9. The van der Waals surface area contributed by atoms with Gasteiger partial charge in [-0.1, -0.05) is 19.3 Å². The second kappa shape index (κ2) is 29.7. The highest BCUT2D eigenvalue weighted by Crippen LogP contribution is 2.49. The average Bonchev–Trinajstić information content (AvgIpc) is 3.42. The van der Waals surface area contributed by atoms with Gasteiger partial charge in [0.2, 0.25) is 11.5 Å². The zero-order valence-electron chi connectivity index (χ0n) is 46.9. The van der Waals surface area contributed by atoms with Gasteiger partial charge in [-0.05, 0) is 78.1 Å². The Kier molecular flexibility index (Phi) is 24.6. The SMILES string of the molecule is COc1cc2c(cc1OC)[C@H](c1cc(OC)c(OC)c(OC)c1)[N@@+](C)(CCCOC(=O)CCCCCCCC(=O)OCCC[N@+]1(C)CCc3cc(OC)c(OC)cc3[C@H]1Cc1cc(OC)c(OC)c(OC)c1)CC2.[Cl-].[Cl-]. The van der Waals surface area contributed by atoms with Crippen molar-refractivity contribution >= 4 is 11.9 Å². The molecule has 0 N–H and O–H groups in total. The number of likely N-dealkylation sites (N-methyl/N-ethyl adjacent to an activating group) is 2. The lowest BCUT2D eigenvalue weighted by atomic mass is 9.85. The summed E-state index contributed by atoms with van der Waals surface area (Å²) in [5, 5.41) is 0. The van der Waals surface area contributed by atoms with Crippen LogP contribution in [-0.2, 0) is 38.3 Å². The molecule has 2 aliphatic heterocycles. The normalized spacial score (nSPS) is 18.3. The Morgan fingerprint density at radius 3 is 1.28 bits per heavy atom. The van der Waals surface area contributed by atoms with E-state index in [-0.39, 0.29) is 48.8 Å². The van der Waals surface area contributed by atoms with Crippen LogP contribution in [0.3, 0.4) is 0 Å². The van der Waals surface area contributed by atoms with Crippen LogP contribution in [0.15, 0.2) is 48.5 Å². The second-order valence-electron chi connectivity index (χ2n) is 19.7. The van der Waals surface area contributed by atoms with Gasteiger partial charge in [0.15, 0.2) is 46.0 Å². The highest BCUT2D eigenvalue weighted by Gasteiger charge is 2.43. The van der Waals surface area contributed by atoms with E-state index in [1.807, 2.05) is 24.3 Å². The zero-order valence-corrected chi connectivity index (χ0v) is 48.4. The maximum absolute atomic E-state index is 12.9. The van der Waals surface area contributed by atoms with Crippen LogP contribution in [0, 0.1) is 0 Å². The number of benzene rings is 4. The van der Waals surface area contributed by atoms with Crippen LogP contribution >= 0.6 is 0 Å². The van der Waals surface area contributed by atoms with E-state index in [0.717, 1.165) is 104 Å². The fourth-order valence-corrected chi connectivity index (χ4v) is 11.1. The lowest BCUT2D eigenvalue weighted by Gasteiger charge is -2.46. The van der Waals surface area contributed by atoms with Crippen molar-refractivity contribution in [2.75, 3.05) is 125 Å². The number of halogens is 2. The molecule has 0 aliphatic carbocycles. The van der Waals surface area contributed by atoms with E-state index in [9.17, 15) is 9.59 Å². The fraction of sp³-hybridized carbons (Fsp3) is 0.552. The number of esters is 2. The van der Waals surface area contributed by atoms with Crippen molar-refractivity contribution in [2.45, 2.75) is 89.1 Å². The molecule has 0 saturated carbocycles. The molecule has 6 rings (SSSR count). The van der Waals surface area contributed by atoms with Gasteiger partial charge in [0.25, 0.3) is 0 Å². The van der Waals surface area contributed by atoms with Crippen molar-refractivity contribution in [2.24, 2.45) is 0 Å². The molecule has 18 heteroatoms. The Labute approximate surface area is 463 Å². The van der Waals surface area contributed by atoms with Crippen molar-refractivity contribution in [3.63, 3.8) is 0 Å². The molecular formula is C58H82Cl2N2O14. The molecule has 2 heterocycles. The average molecular weight is 1100 g/mol. The second-order valence-corrected chi connectivity index (χ2v) is 19.7. The molecule has 0 bridgehead atoms. The smallest absolute Gasteiger partial charge is 0.305 e. The fourth-order valence-electron chi connectivity index (χ4n) is 11.1. The monoisotopic (exact) mass is 1100 g/mol. The summed E-state index contributed by atoms with van der Waals surface area (Å²) >= 11 is 0. The van der Waals surface area contributed by atoms with Gasteiger partial charge < -0.3 is 90.6 Å². The molecule has 0 fully saturated rings. The number of carbonyl (C=O) groups is 2. The molecule has 0 radical (unpaired) electrons. The van der Waals surface area contributed by atoms with Crippen LogP contribution in [0.1, 0.15) is 103 Å². The van der Waals surface area contributed by atoms with E-state index in [1.54, 1.807) is 71.1 Å². The third kappa shape index (κ3) is 14.9. The standard InChI is InChI=1S/C58H82N2O14.2ClH/c1-59(26-22-40-33-46(63-3)48(65-5)37-43(40)45(59)30-39-31-50(67-7)57(71-11)51(32-39)68-8)24-18-28-73-54(61)20-16-14-13-15-17-21-55(62)74-29-19-25-60(2)27-23-41-34-47(64-4)49(66-6)38-44(41)56(60)42-35-52(69-9)58(72-12)53(36-42)70-10;;/h31-38,45,56H,13-30H2,1-12H3;2*1H/q+2;;/p-2/t45-,56+,59-,60+;;/m1../s1. The Hall–Kier alpha value is -5.68. The minimum absolute atomic E-state index is 0. The van der Waals surface area contributed by atoms with Gasteiger partial charge in [0.05, 0.1) is 125 Å². The molecule has 76 heavy (non-hydrogen) atoms. The van der Waals surface area contributed by atoms with Crippen LogP contribution in [0.5, 0.6) is 57.5 Å². The number of methoxy groups -OCH3 is 10. The van der Waals surface area contributed by atoms with Gasteiger partial charge in [-0.3, -0.25) is 9.59 Å². The minimum Gasteiger partial charge on any atom is -1.00 e. The summed E-state index contributed by atoms with van der Waals surface area (Å²) in [6, 6.07) is 16.4. The number of hydrogen-bond acceptors (Lipinski definition) is 14. The highest BCUT2D eigenvalue weighted by molar-refractivity contribution is 5.69. The number of fused-ring (bicyclic) bond motifs is 2. The van der Waals surface area contributed by atoms with Gasteiger partial charge in [-0.15, -0.1) is 0 Å². The minimum atomic E-state index is -0.185. The van der Waals surface area contributed by atoms with E-state index < -0.39 is 0 Å². The van der Waals surface area contributed by atoms with E-state index >= 15 is 0 Å². The summed E-state index contributed by atoms with van der Waals surface area (Å²) in [6.45, 7) is 4.04. The third-order valence-electron chi connectivity index (χ3n) is 15.2. The van der Waals surface area contributed by atoms with E-state index in [0.29, 0.717) is 95.1 Å². The van der Waals surface area contributed by atoms with E-state index in [1.165, 1.54) is 16.7 Å². The van der Waals surface area contributed by atoms with Crippen LogP contribution < -0.4 is 72.2 Å². The number of ether oxygens (including phenoxy) is 12. The number of rotatable bonds is 29. The molecule has 0 amide bonds. The third-order valence-corrected chi connectivity index (χ3v) is 15.2. The number of unbranched alkanes of at least 4 members (excludes halogenated alkanes) is 4. The first-order chi connectivity index (χ1) is 35.8. The van der Waals surface area contributed by atoms with Gasteiger partial charge in [0.1, 0.15) is 12.1 Å². The highest BCUT2D eigenvalue weighted by atomic mass is 35.5. The van der Waals surface area contributed by atoms with Crippen molar-refractivity contribution in [3.8, 4) is 57.5 Å². The van der Waals surface area contributed by atoms with Gasteiger partial charge in [-0.2, -0.15) is 0 Å². The largest absolute Gasteiger partial charge is 1.00 e. The maximum atomic E-state index is 12.9. The summed E-state index contributed by atoms with van der Waals surface area (Å²) in [5.74, 6) is 5.89. The zero-order chi connectivity index (χ0) is 53.4. The lowest BCUT2D eigenvalue weighted by molar-refractivity contribution is -0.941. The molecule has 422 valence electrons. The van der Waals surface area contributed by atoms with Gasteiger partial charge >= 0.3 is 11.9 Å². The Morgan fingerprint density at radius 2 is 0.829 bits per heavy atom. The first-order valence-electron chi connectivity index (χ1n) is 25.9.